The normalized spacial score (nSPS) is 11.4. The van der Waals surface area contributed by atoms with E-state index >= 15 is 0 Å². The van der Waals surface area contributed by atoms with Gasteiger partial charge < -0.3 is 14.8 Å². The van der Waals surface area contributed by atoms with Crippen LogP contribution in [0.1, 0.15) is 23.2 Å². The van der Waals surface area contributed by atoms with Gasteiger partial charge in [-0.3, -0.25) is 0 Å². The van der Waals surface area contributed by atoms with Crippen LogP contribution in [0.3, 0.4) is 0 Å². The number of anilines is 1. The molecule has 9 heteroatoms. The molecule has 2 heterocycles. The molecule has 0 aliphatic heterocycles. The predicted molar refractivity (Wildman–Crippen MR) is 107 cm³/mol. The van der Waals surface area contributed by atoms with Crippen LogP contribution in [0.15, 0.2) is 36.4 Å². The smallest absolute Gasteiger partial charge is 0.266 e. The molecule has 0 spiro atoms. The van der Waals surface area contributed by atoms with E-state index in [0.29, 0.717) is 33.9 Å². The first kappa shape index (κ1) is 19.8. The van der Waals surface area contributed by atoms with Gasteiger partial charge in [0.1, 0.15) is 11.6 Å². The van der Waals surface area contributed by atoms with Gasteiger partial charge in [0, 0.05) is 29.6 Å². The number of rotatable bonds is 6. The van der Waals surface area contributed by atoms with Crippen LogP contribution in [0.25, 0.3) is 16.6 Å². The maximum atomic E-state index is 14.4. The second kappa shape index (κ2) is 7.74. The van der Waals surface area contributed by atoms with E-state index in [1.165, 1.54) is 26.4 Å². The topological polar surface area (TPSA) is 60.7 Å². The van der Waals surface area contributed by atoms with Crippen molar-refractivity contribution in [1.29, 1.82) is 0 Å². The third-order valence-electron chi connectivity index (χ3n) is 4.81. The van der Waals surface area contributed by atoms with Crippen molar-refractivity contribution < 1.29 is 22.6 Å². The molecule has 2 aromatic carbocycles. The Morgan fingerprint density at radius 3 is 2.53 bits per heavy atom. The zero-order valence-corrected chi connectivity index (χ0v) is 16.5. The highest BCUT2D eigenvalue weighted by Crippen LogP contribution is 2.35. The highest BCUT2D eigenvalue weighted by molar-refractivity contribution is 5.93. The van der Waals surface area contributed by atoms with E-state index in [2.05, 4.69) is 15.4 Å². The lowest BCUT2D eigenvalue weighted by Crippen LogP contribution is -2.07. The molecule has 0 fully saturated rings. The molecule has 0 atom stereocenters. The van der Waals surface area contributed by atoms with E-state index in [0.717, 1.165) is 11.8 Å². The Kier molecular flexibility index (Phi) is 5.11. The standard InChI is InChI=1S/C21H19F3N4O2/c1-11-7-18-26-21(25-10-12-5-4-6-13(19(12)22)20(23)24)14-8-16(29-2)17(30-3)9-15(14)28(18)27-11/h4-9,20H,10H2,1-3H3,(H,25,26). The highest BCUT2D eigenvalue weighted by Gasteiger charge is 2.18. The first-order valence-electron chi connectivity index (χ1n) is 9.14. The van der Waals surface area contributed by atoms with Crippen molar-refractivity contribution in [3.63, 3.8) is 0 Å². The molecule has 0 radical (unpaired) electrons. The number of fused-ring (bicyclic) bond motifs is 3. The number of aromatic nitrogens is 3. The summed E-state index contributed by atoms with van der Waals surface area (Å²) >= 11 is 0. The number of nitrogens with zero attached hydrogens (tertiary/aromatic N) is 3. The van der Waals surface area contributed by atoms with Gasteiger partial charge in [0.05, 0.1) is 31.0 Å². The molecule has 0 saturated carbocycles. The van der Waals surface area contributed by atoms with E-state index in [4.69, 9.17) is 9.47 Å². The van der Waals surface area contributed by atoms with Crippen molar-refractivity contribution in [3.8, 4) is 11.5 Å². The molecule has 1 N–H and O–H groups in total. The fourth-order valence-corrected chi connectivity index (χ4v) is 3.37. The molecule has 0 unspecified atom stereocenters. The summed E-state index contributed by atoms with van der Waals surface area (Å²) in [5.74, 6) is 0.529. The number of methoxy groups -OCH3 is 2. The van der Waals surface area contributed by atoms with E-state index < -0.39 is 17.8 Å². The van der Waals surface area contributed by atoms with Crippen LogP contribution in [0, 0.1) is 12.7 Å². The van der Waals surface area contributed by atoms with E-state index in [-0.39, 0.29) is 12.1 Å². The summed E-state index contributed by atoms with van der Waals surface area (Å²) in [4.78, 5) is 4.58. The number of hydrogen-bond donors (Lipinski definition) is 1. The molecule has 30 heavy (non-hydrogen) atoms. The monoisotopic (exact) mass is 416 g/mol. The molecule has 4 rings (SSSR count). The summed E-state index contributed by atoms with van der Waals surface area (Å²) < 4.78 is 52.9. The zero-order valence-electron chi connectivity index (χ0n) is 16.5. The van der Waals surface area contributed by atoms with Crippen molar-refractivity contribution in [2.24, 2.45) is 0 Å². The molecule has 6 nitrogen and oxygen atoms in total. The van der Waals surface area contributed by atoms with Crippen LogP contribution in [0.2, 0.25) is 0 Å². The molecule has 0 saturated heterocycles. The molecular weight excluding hydrogens is 397 g/mol. The lowest BCUT2D eigenvalue weighted by atomic mass is 10.1. The minimum atomic E-state index is -2.88. The fraction of sp³-hybridized carbons (Fsp3) is 0.238. The number of ether oxygens (including phenoxy) is 2. The van der Waals surface area contributed by atoms with Crippen molar-refractivity contribution in [1.82, 2.24) is 14.6 Å². The summed E-state index contributed by atoms with van der Waals surface area (Å²) in [6, 6.07) is 9.27. The first-order chi connectivity index (χ1) is 14.4. The SMILES string of the molecule is COc1cc2c(NCc3cccc(C(F)F)c3F)nc3cc(C)nn3c2cc1OC. The van der Waals surface area contributed by atoms with E-state index in [1.54, 1.807) is 22.7 Å². The molecule has 0 bridgehead atoms. The second-order valence-electron chi connectivity index (χ2n) is 6.72. The van der Waals surface area contributed by atoms with Gasteiger partial charge in [0.15, 0.2) is 17.1 Å². The average Bonchev–Trinajstić information content (AvgIpc) is 3.11. The number of hydrogen-bond acceptors (Lipinski definition) is 5. The van der Waals surface area contributed by atoms with Crippen LogP contribution in [0.5, 0.6) is 11.5 Å². The van der Waals surface area contributed by atoms with Gasteiger partial charge in [0.25, 0.3) is 6.43 Å². The van der Waals surface area contributed by atoms with Gasteiger partial charge in [-0.05, 0) is 13.0 Å². The van der Waals surface area contributed by atoms with Crippen LogP contribution in [-0.2, 0) is 6.54 Å². The first-order valence-corrected chi connectivity index (χ1v) is 9.14. The molecule has 156 valence electrons. The largest absolute Gasteiger partial charge is 0.493 e. The predicted octanol–water partition coefficient (Wildman–Crippen LogP) is 4.90. The van der Waals surface area contributed by atoms with Crippen LogP contribution in [0.4, 0.5) is 19.0 Å². The van der Waals surface area contributed by atoms with Crippen molar-refractivity contribution >= 4 is 22.4 Å². The summed E-state index contributed by atoms with van der Waals surface area (Å²) in [5.41, 5.74) is 1.55. The summed E-state index contributed by atoms with van der Waals surface area (Å²) in [7, 11) is 3.06. The van der Waals surface area contributed by atoms with Gasteiger partial charge in [-0.2, -0.15) is 5.10 Å². The van der Waals surface area contributed by atoms with E-state index in [1.807, 2.05) is 6.92 Å². The van der Waals surface area contributed by atoms with Crippen molar-refractivity contribution in [2.75, 3.05) is 19.5 Å². The van der Waals surface area contributed by atoms with Crippen LogP contribution in [-0.4, -0.2) is 28.8 Å². The Hall–Kier alpha value is -3.49. The number of nitrogens with one attached hydrogen (secondary N) is 1. The third kappa shape index (κ3) is 3.36. The summed E-state index contributed by atoms with van der Waals surface area (Å²) in [6.07, 6.45) is -2.88. The number of aryl methyl sites for hydroxylation is 1. The molecule has 2 aromatic heterocycles. The minimum absolute atomic E-state index is 0.0217. The van der Waals surface area contributed by atoms with Crippen molar-refractivity contribution in [3.05, 3.63) is 59.0 Å². The van der Waals surface area contributed by atoms with Crippen LogP contribution < -0.4 is 14.8 Å². The maximum Gasteiger partial charge on any atom is 0.266 e. The maximum absolute atomic E-state index is 14.4. The molecular formula is C21H19F3N4O2. The van der Waals surface area contributed by atoms with Gasteiger partial charge in [-0.25, -0.2) is 22.7 Å². The second-order valence-corrected chi connectivity index (χ2v) is 6.72. The third-order valence-corrected chi connectivity index (χ3v) is 4.81. The van der Waals surface area contributed by atoms with Crippen LogP contribution >= 0.6 is 0 Å². The lowest BCUT2D eigenvalue weighted by Gasteiger charge is -2.14. The Balaban J connectivity index is 1.82. The van der Waals surface area contributed by atoms with E-state index in [9.17, 15) is 13.2 Å². The average molecular weight is 416 g/mol. The Labute approximate surface area is 170 Å². The lowest BCUT2D eigenvalue weighted by molar-refractivity contribution is 0.146. The quantitative estimate of drug-likeness (QED) is 0.485. The number of halogens is 3. The molecule has 0 amide bonds. The number of alkyl halides is 2. The fourth-order valence-electron chi connectivity index (χ4n) is 3.37. The molecule has 0 aliphatic carbocycles. The number of benzene rings is 2. The minimum Gasteiger partial charge on any atom is -0.493 e. The summed E-state index contributed by atoms with van der Waals surface area (Å²) in [6.45, 7) is 1.83. The molecule has 0 aliphatic rings. The zero-order chi connectivity index (χ0) is 21.4. The highest BCUT2D eigenvalue weighted by atomic mass is 19.3. The Morgan fingerprint density at radius 2 is 1.83 bits per heavy atom. The van der Waals surface area contributed by atoms with Crippen molar-refractivity contribution in [2.45, 2.75) is 19.9 Å². The van der Waals surface area contributed by atoms with Gasteiger partial charge in [-0.15, -0.1) is 0 Å². The van der Waals surface area contributed by atoms with Gasteiger partial charge in [0.2, 0.25) is 0 Å². The Morgan fingerprint density at radius 1 is 1.10 bits per heavy atom. The molecule has 4 aromatic rings. The van der Waals surface area contributed by atoms with Gasteiger partial charge >= 0.3 is 0 Å². The van der Waals surface area contributed by atoms with Gasteiger partial charge in [-0.1, -0.05) is 18.2 Å². The Bertz CT molecular complexity index is 1240. The summed E-state index contributed by atoms with van der Waals surface area (Å²) in [5, 5.41) is 8.19.